The number of nitriles is 1. The molecule has 1 saturated heterocycles. The lowest BCUT2D eigenvalue weighted by Crippen LogP contribution is -2.23. The molecule has 1 aliphatic heterocycles. The summed E-state index contributed by atoms with van der Waals surface area (Å²) in [6.07, 6.45) is 0.653. The van der Waals surface area contributed by atoms with E-state index in [1.54, 1.807) is 0 Å². The molecule has 0 bridgehead atoms. The first-order valence-electron chi connectivity index (χ1n) is 3.01. The van der Waals surface area contributed by atoms with Gasteiger partial charge in [0.15, 0.2) is 0 Å². The van der Waals surface area contributed by atoms with Gasteiger partial charge in [-0.05, 0) is 13.0 Å². The van der Waals surface area contributed by atoms with Crippen LogP contribution in [-0.4, -0.2) is 19.8 Å². The maximum absolute atomic E-state index is 12.1. The molecule has 1 heterocycles. The highest BCUT2D eigenvalue weighted by Crippen LogP contribution is 2.24. The fourth-order valence-electron chi connectivity index (χ4n) is 0.983. The predicted molar refractivity (Wildman–Crippen MR) is 31.5 cm³/mol. The molecule has 1 unspecified atom stereocenters. The molecule has 0 spiro atoms. The van der Waals surface area contributed by atoms with Gasteiger partial charge in [-0.25, -0.2) is 4.39 Å². The first-order valence-corrected chi connectivity index (χ1v) is 3.01. The Kier molecular flexibility index (Phi) is 1.68. The normalized spacial score (nSPS) is 34.2. The third-order valence-electron chi connectivity index (χ3n) is 1.74. The Hall–Kier alpha value is -0.620. The van der Waals surface area contributed by atoms with Crippen LogP contribution in [0.4, 0.5) is 4.39 Å². The Labute approximate surface area is 53.7 Å². The molecule has 0 aromatic rings. The molecule has 0 aromatic heterocycles. The number of nitrogens with zero attached hydrogens (tertiary/aromatic N) is 1. The van der Waals surface area contributed by atoms with Gasteiger partial charge in [0, 0.05) is 6.54 Å². The minimum absolute atomic E-state index is 0.514. The monoisotopic (exact) mass is 128 g/mol. The van der Waals surface area contributed by atoms with Crippen molar-refractivity contribution in [1.29, 1.82) is 5.26 Å². The van der Waals surface area contributed by atoms with Gasteiger partial charge in [0.1, 0.15) is 6.67 Å². The first kappa shape index (κ1) is 6.50. The fraction of sp³-hybridized carbons (Fsp3) is 0.833. The van der Waals surface area contributed by atoms with Gasteiger partial charge < -0.3 is 5.32 Å². The van der Waals surface area contributed by atoms with Crippen LogP contribution in [0.2, 0.25) is 0 Å². The van der Waals surface area contributed by atoms with Crippen molar-refractivity contribution in [3.63, 3.8) is 0 Å². The molecule has 0 amide bonds. The molecule has 1 N–H and O–H groups in total. The highest BCUT2D eigenvalue weighted by atomic mass is 19.1. The fourth-order valence-corrected chi connectivity index (χ4v) is 0.983. The molecule has 0 aromatic carbocycles. The summed E-state index contributed by atoms with van der Waals surface area (Å²) in [5, 5.41) is 11.4. The third-order valence-corrected chi connectivity index (χ3v) is 1.74. The van der Waals surface area contributed by atoms with Crippen LogP contribution in [0.1, 0.15) is 6.42 Å². The lowest BCUT2D eigenvalue weighted by molar-refractivity contribution is 0.305. The SMILES string of the molecule is N#CC1(CF)CCNC1. The first-order chi connectivity index (χ1) is 4.33. The van der Waals surface area contributed by atoms with E-state index in [-0.39, 0.29) is 0 Å². The summed E-state index contributed by atoms with van der Waals surface area (Å²) >= 11 is 0. The van der Waals surface area contributed by atoms with Crippen molar-refractivity contribution in [2.75, 3.05) is 19.8 Å². The molecule has 1 atom stereocenters. The standard InChI is InChI=1S/C6H9FN2/c7-3-6(4-8)1-2-9-5-6/h9H,1-3,5H2. The van der Waals surface area contributed by atoms with E-state index in [0.717, 1.165) is 6.54 Å². The molecule has 3 heteroatoms. The Bertz CT molecular complexity index is 132. The van der Waals surface area contributed by atoms with Gasteiger partial charge in [-0.15, -0.1) is 0 Å². The van der Waals surface area contributed by atoms with Crippen LogP contribution in [0.3, 0.4) is 0 Å². The molecule has 0 radical (unpaired) electrons. The van der Waals surface area contributed by atoms with Crippen LogP contribution in [0.5, 0.6) is 0 Å². The van der Waals surface area contributed by atoms with E-state index in [4.69, 9.17) is 5.26 Å². The second-order valence-corrected chi connectivity index (χ2v) is 2.45. The summed E-state index contributed by atoms with van der Waals surface area (Å²) in [5.41, 5.74) is -0.694. The number of alkyl halides is 1. The zero-order chi connectivity index (χ0) is 6.74. The molecule has 1 rings (SSSR count). The lowest BCUT2D eigenvalue weighted by atomic mass is 9.91. The second kappa shape index (κ2) is 2.32. The van der Waals surface area contributed by atoms with Gasteiger partial charge in [-0.2, -0.15) is 5.26 Å². The maximum atomic E-state index is 12.1. The number of hydrogen-bond acceptors (Lipinski definition) is 2. The highest BCUT2D eigenvalue weighted by molar-refractivity contribution is 5.03. The van der Waals surface area contributed by atoms with Crippen molar-refractivity contribution in [2.45, 2.75) is 6.42 Å². The van der Waals surface area contributed by atoms with Crippen molar-refractivity contribution < 1.29 is 4.39 Å². The van der Waals surface area contributed by atoms with Crippen molar-refractivity contribution in [3.8, 4) is 6.07 Å². The third kappa shape index (κ3) is 1.03. The van der Waals surface area contributed by atoms with Gasteiger partial charge in [0.05, 0.1) is 11.5 Å². The van der Waals surface area contributed by atoms with E-state index in [2.05, 4.69) is 5.32 Å². The van der Waals surface area contributed by atoms with Crippen molar-refractivity contribution in [1.82, 2.24) is 5.32 Å². The number of hydrogen-bond donors (Lipinski definition) is 1. The molecular formula is C6H9FN2. The van der Waals surface area contributed by atoms with Crippen LogP contribution < -0.4 is 5.32 Å². The zero-order valence-corrected chi connectivity index (χ0v) is 5.15. The second-order valence-electron chi connectivity index (χ2n) is 2.45. The summed E-state index contributed by atoms with van der Waals surface area (Å²) in [5.74, 6) is 0. The van der Waals surface area contributed by atoms with E-state index in [1.165, 1.54) is 0 Å². The summed E-state index contributed by atoms with van der Waals surface area (Å²) in [6.45, 7) is 0.772. The van der Waals surface area contributed by atoms with Crippen molar-refractivity contribution in [2.24, 2.45) is 5.41 Å². The van der Waals surface area contributed by atoms with Crippen LogP contribution in [0.25, 0.3) is 0 Å². The van der Waals surface area contributed by atoms with Crippen LogP contribution in [0, 0.1) is 16.7 Å². The zero-order valence-electron chi connectivity index (χ0n) is 5.15. The molecule has 0 saturated carbocycles. The lowest BCUT2D eigenvalue weighted by Gasteiger charge is -2.12. The molecule has 0 aliphatic carbocycles. The highest BCUT2D eigenvalue weighted by Gasteiger charge is 2.33. The predicted octanol–water partition coefficient (Wildman–Crippen LogP) is 0.459. The topological polar surface area (TPSA) is 35.8 Å². The molecular weight excluding hydrogens is 119 g/mol. The number of nitrogens with one attached hydrogen (secondary N) is 1. The average molecular weight is 128 g/mol. The van der Waals surface area contributed by atoms with Gasteiger partial charge in [-0.1, -0.05) is 0 Å². The summed E-state index contributed by atoms with van der Waals surface area (Å²) in [6, 6.07) is 1.99. The average Bonchev–Trinajstić information content (AvgIpc) is 2.36. The maximum Gasteiger partial charge on any atom is 0.109 e. The smallest absolute Gasteiger partial charge is 0.109 e. The van der Waals surface area contributed by atoms with E-state index in [0.29, 0.717) is 13.0 Å². The number of halogens is 1. The minimum atomic E-state index is -0.694. The number of rotatable bonds is 1. The van der Waals surface area contributed by atoms with E-state index in [1.807, 2.05) is 6.07 Å². The molecule has 1 aliphatic rings. The van der Waals surface area contributed by atoms with Gasteiger partial charge >= 0.3 is 0 Å². The van der Waals surface area contributed by atoms with Gasteiger partial charge in [0.2, 0.25) is 0 Å². The van der Waals surface area contributed by atoms with E-state index >= 15 is 0 Å². The van der Waals surface area contributed by atoms with Crippen LogP contribution in [0.15, 0.2) is 0 Å². The van der Waals surface area contributed by atoms with Crippen molar-refractivity contribution >= 4 is 0 Å². The molecule has 2 nitrogen and oxygen atoms in total. The van der Waals surface area contributed by atoms with Crippen LogP contribution in [-0.2, 0) is 0 Å². The van der Waals surface area contributed by atoms with E-state index in [9.17, 15) is 4.39 Å². The Morgan fingerprint density at radius 3 is 2.78 bits per heavy atom. The largest absolute Gasteiger partial charge is 0.315 e. The quantitative estimate of drug-likeness (QED) is 0.556. The summed E-state index contributed by atoms with van der Waals surface area (Å²) < 4.78 is 12.1. The Morgan fingerprint density at radius 2 is 2.56 bits per heavy atom. The van der Waals surface area contributed by atoms with E-state index < -0.39 is 12.1 Å². The Balaban J connectivity index is 2.59. The van der Waals surface area contributed by atoms with Gasteiger partial charge in [-0.3, -0.25) is 0 Å². The summed E-state index contributed by atoms with van der Waals surface area (Å²) in [4.78, 5) is 0. The Morgan fingerprint density at radius 1 is 1.78 bits per heavy atom. The minimum Gasteiger partial charge on any atom is -0.315 e. The van der Waals surface area contributed by atoms with Crippen molar-refractivity contribution in [3.05, 3.63) is 0 Å². The van der Waals surface area contributed by atoms with Gasteiger partial charge in [0.25, 0.3) is 0 Å². The summed E-state index contributed by atoms with van der Waals surface area (Å²) in [7, 11) is 0. The molecule has 1 fully saturated rings. The molecule has 50 valence electrons. The molecule has 9 heavy (non-hydrogen) atoms. The van der Waals surface area contributed by atoms with Crippen LogP contribution >= 0.6 is 0 Å².